The summed E-state index contributed by atoms with van der Waals surface area (Å²) in [6.45, 7) is 5.21. The molecule has 2 rings (SSSR count). The lowest BCUT2D eigenvalue weighted by Crippen LogP contribution is -1.94. The quantitative estimate of drug-likeness (QED) is 0.601. The van der Waals surface area contributed by atoms with E-state index in [0.29, 0.717) is 6.10 Å². The van der Waals surface area contributed by atoms with Crippen LogP contribution in [-0.4, -0.2) is 12.7 Å². The van der Waals surface area contributed by atoms with Crippen molar-refractivity contribution in [3.63, 3.8) is 0 Å². The van der Waals surface area contributed by atoms with Gasteiger partial charge in [0.15, 0.2) is 0 Å². The Kier molecular flexibility index (Phi) is 4.33. The fraction of sp³-hybridized carbons (Fsp3) is 0.600. The number of ether oxygens (including phenoxy) is 1. The molecule has 0 radical (unpaired) electrons. The fourth-order valence-electron chi connectivity index (χ4n) is 1.10. The number of aryl methyl sites for hydroxylation is 1. The van der Waals surface area contributed by atoms with Crippen molar-refractivity contribution in [3.05, 3.63) is 22.4 Å². The number of rotatable bonds is 0. The Hall–Kier alpha value is -0.340. The summed E-state index contributed by atoms with van der Waals surface area (Å²) in [6.07, 6.45) is 3.08. The standard InChI is InChI=1S/C5H10O.C5H6S/c2*1-5-3-2-4-6-5/h5H,2-4H2,1H3;2-4H,1H3. The molecule has 1 aliphatic heterocycles. The molecular formula is C10H16OS. The van der Waals surface area contributed by atoms with E-state index < -0.39 is 0 Å². The second-order valence-corrected chi connectivity index (χ2v) is 4.20. The van der Waals surface area contributed by atoms with Crippen LogP contribution < -0.4 is 0 Å². The smallest absolute Gasteiger partial charge is 0.0547 e. The third-order valence-electron chi connectivity index (χ3n) is 1.82. The van der Waals surface area contributed by atoms with Gasteiger partial charge in [0.25, 0.3) is 0 Å². The van der Waals surface area contributed by atoms with Crippen LogP contribution >= 0.6 is 11.3 Å². The fourth-order valence-corrected chi connectivity index (χ4v) is 1.63. The highest BCUT2D eigenvalue weighted by molar-refractivity contribution is 7.09. The summed E-state index contributed by atoms with van der Waals surface area (Å²) in [5.74, 6) is 0. The monoisotopic (exact) mass is 184 g/mol. The molecule has 68 valence electrons. The molecule has 0 bridgehead atoms. The maximum atomic E-state index is 5.15. The van der Waals surface area contributed by atoms with Gasteiger partial charge in [-0.3, -0.25) is 0 Å². The molecular weight excluding hydrogens is 168 g/mol. The Labute approximate surface area is 78.4 Å². The van der Waals surface area contributed by atoms with Gasteiger partial charge >= 0.3 is 0 Å². The van der Waals surface area contributed by atoms with Gasteiger partial charge in [0.1, 0.15) is 0 Å². The van der Waals surface area contributed by atoms with E-state index in [1.165, 1.54) is 17.7 Å². The minimum Gasteiger partial charge on any atom is -0.379 e. The van der Waals surface area contributed by atoms with Gasteiger partial charge in [-0.25, -0.2) is 0 Å². The van der Waals surface area contributed by atoms with Gasteiger partial charge < -0.3 is 4.74 Å². The molecule has 0 spiro atoms. The van der Waals surface area contributed by atoms with E-state index >= 15 is 0 Å². The van der Waals surface area contributed by atoms with Crippen LogP contribution in [0.4, 0.5) is 0 Å². The van der Waals surface area contributed by atoms with Gasteiger partial charge in [-0.2, -0.15) is 0 Å². The van der Waals surface area contributed by atoms with Crippen molar-refractivity contribution in [1.29, 1.82) is 0 Å². The summed E-state index contributed by atoms with van der Waals surface area (Å²) in [5.41, 5.74) is 0. The molecule has 0 saturated carbocycles. The number of hydrogen-bond donors (Lipinski definition) is 0. The molecule has 0 aromatic carbocycles. The summed E-state index contributed by atoms with van der Waals surface area (Å²) in [6, 6.07) is 4.16. The lowest BCUT2D eigenvalue weighted by atomic mass is 10.3. The molecule has 1 aromatic heterocycles. The number of thiophene rings is 1. The van der Waals surface area contributed by atoms with Crippen LogP contribution in [0.1, 0.15) is 24.6 Å². The van der Waals surface area contributed by atoms with Gasteiger partial charge in [0, 0.05) is 11.5 Å². The van der Waals surface area contributed by atoms with Crippen molar-refractivity contribution in [2.75, 3.05) is 6.61 Å². The average molecular weight is 184 g/mol. The molecule has 1 atom stereocenters. The van der Waals surface area contributed by atoms with Gasteiger partial charge in [0.2, 0.25) is 0 Å². The summed E-state index contributed by atoms with van der Waals surface area (Å²) < 4.78 is 5.15. The third-order valence-corrected chi connectivity index (χ3v) is 2.62. The topological polar surface area (TPSA) is 9.23 Å². The first kappa shape index (κ1) is 9.75. The van der Waals surface area contributed by atoms with Crippen molar-refractivity contribution in [2.45, 2.75) is 32.8 Å². The molecule has 1 aliphatic rings. The second kappa shape index (κ2) is 5.33. The lowest BCUT2D eigenvalue weighted by Gasteiger charge is -1.94. The molecule has 1 aromatic rings. The maximum Gasteiger partial charge on any atom is 0.0547 e. The molecule has 12 heavy (non-hydrogen) atoms. The van der Waals surface area contributed by atoms with Crippen LogP contribution in [0.25, 0.3) is 0 Å². The van der Waals surface area contributed by atoms with Crippen molar-refractivity contribution in [3.8, 4) is 0 Å². The SMILES string of the molecule is CC1CCCO1.Cc1cccs1. The van der Waals surface area contributed by atoms with Crippen LogP contribution in [0, 0.1) is 6.92 Å². The van der Waals surface area contributed by atoms with Crippen LogP contribution in [0.5, 0.6) is 0 Å². The van der Waals surface area contributed by atoms with E-state index in [2.05, 4.69) is 31.4 Å². The Balaban J connectivity index is 0.000000120. The van der Waals surface area contributed by atoms with Gasteiger partial charge in [0.05, 0.1) is 6.10 Å². The zero-order chi connectivity index (χ0) is 8.81. The average Bonchev–Trinajstić information content (AvgIpc) is 2.63. The van der Waals surface area contributed by atoms with Crippen LogP contribution in [0.3, 0.4) is 0 Å². The molecule has 2 heteroatoms. The zero-order valence-electron chi connectivity index (χ0n) is 7.75. The van der Waals surface area contributed by atoms with E-state index in [1.54, 1.807) is 11.3 Å². The van der Waals surface area contributed by atoms with Crippen molar-refractivity contribution >= 4 is 11.3 Å². The number of hydrogen-bond acceptors (Lipinski definition) is 2. The van der Waals surface area contributed by atoms with Gasteiger partial charge in [-0.15, -0.1) is 11.3 Å². The molecule has 1 nitrogen and oxygen atoms in total. The van der Waals surface area contributed by atoms with Gasteiger partial charge in [-0.05, 0) is 38.1 Å². The Morgan fingerprint density at radius 1 is 1.58 bits per heavy atom. The summed E-state index contributed by atoms with van der Waals surface area (Å²) in [7, 11) is 0. The Morgan fingerprint density at radius 3 is 2.58 bits per heavy atom. The normalized spacial score (nSPS) is 21.7. The molecule has 1 fully saturated rings. The van der Waals surface area contributed by atoms with E-state index in [4.69, 9.17) is 4.74 Å². The first-order valence-electron chi connectivity index (χ1n) is 4.41. The zero-order valence-corrected chi connectivity index (χ0v) is 8.56. The predicted molar refractivity (Wildman–Crippen MR) is 53.7 cm³/mol. The molecule has 1 unspecified atom stereocenters. The largest absolute Gasteiger partial charge is 0.379 e. The molecule has 0 amide bonds. The predicted octanol–water partition coefficient (Wildman–Crippen LogP) is 3.24. The minimum atomic E-state index is 0.546. The molecule has 0 N–H and O–H groups in total. The first-order chi connectivity index (χ1) is 5.79. The lowest BCUT2D eigenvalue weighted by molar-refractivity contribution is 0.125. The molecule has 0 aliphatic carbocycles. The molecule has 1 saturated heterocycles. The van der Waals surface area contributed by atoms with E-state index in [-0.39, 0.29) is 0 Å². The molecule has 2 heterocycles. The van der Waals surface area contributed by atoms with Gasteiger partial charge in [-0.1, -0.05) is 6.07 Å². The summed E-state index contributed by atoms with van der Waals surface area (Å²) in [5, 5.41) is 2.08. The maximum absolute atomic E-state index is 5.15. The van der Waals surface area contributed by atoms with E-state index in [0.717, 1.165) is 6.61 Å². The first-order valence-corrected chi connectivity index (χ1v) is 5.28. The summed E-state index contributed by atoms with van der Waals surface area (Å²) in [4.78, 5) is 1.38. The van der Waals surface area contributed by atoms with Crippen LogP contribution in [-0.2, 0) is 4.74 Å². The Morgan fingerprint density at radius 2 is 2.42 bits per heavy atom. The highest BCUT2D eigenvalue weighted by atomic mass is 32.1. The van der Waals surface area contributed by atoms with Crippen molar-refractivity contribution in [2.24, 2.45) is 0 Å². The second-order valence-electron chi connectivity index (χ2n) is 3.05. The highest BCUT2D eigenvalue weighted by Crippen LogP contribution is 2.09. The van der Waals surface area contributed by atoms with Crippen LogP contribution in [0.15, 0.2) is 17.5 Å². The highest BCUT2D eigenvalue weighted by Gasteiger charge is 2.07. The van der Waals surface area contributed by atoms with Crippen molar-refractivity contribution in [1.82, 2.24) is 0 Å². The van der Waals surface area contributed by atoms with E-state index in [1.807, 2.05) is 0 Å². The minimum absolute atomic E-state index is 0.546. The van der Waals surface area contributed by atoms with Crippen LogP contribution in [0.2, 0.25) is 0 Å². The Bertz CT molecular complexity index is 188. The van der Waals surface area contributed by atoms with Crippen molar-refractivity contribution < 1.29 is 4.74 Å². The van der Waals surface area contributed by atoms with E-state index in [9.17, 15) is 0 Å². The summed E-state index contributed by atoms with van der Waals surface area (Å²) >= 11 is 1.78. The third kappa shape index (κ3) is 3.88.